The second-order valence-corrected chi connectivity index (χ2v) is 6.80. The summed E-state index contributed by atoms with van der Waals surface area (Å²) in [5, 5.41) is 6.42. The largest absolute Gasteiger partial charge is 0.497 e. The zero-order chi connectivity index (χ0) is 19.6. The highest BCUT2D eigenvalue weighted by atomic mass is 16.5. The third kappa shape index (κ3) is 6.70. The summed E-state index contributed by atoms with van der Waals surface area (Å²) >= 11 is 0. The van der Waals surface area contributed by atoms with Crippen molar-refractivity contribution in [3.63, 3.8) is 0 Å². The van der Waals surface area contributed by atoms with E-state index in [-0.39, 0.29) is 5.91 Å². The van der Waals surface area contributed by atoms with Gasteiger partial charge in [0, 0.05) is 36.9 Å². The molecule has 146 valence electrons. The molecule has 1 amide bonds. The van der Waals surface area contributed by atoms with Gasteiger partial charge in [0.25, 0.3) is 5.91 Å². The molecular formula is C22H31N3O2. The number of carbonyl (C=O) groups is 1. The summed E-state index contributed by atoms with van der Waals surface area (Å²) in [7, 11) is 3.77. The number of amides is 1. The summed E-state index contributed by atoms with van der Waals surface area (Å²) < 4.78 is 5.12. The molecular weight excluding hydrogens is 338 g/mol. The number of ether oxygens (including phenoxy) is 1. The van der Waals surface area contributed by atoms with Crippen molar-refractivity contribution in [2.45, 2.75) is 32.9 Å². The third-order valence-corrected chi connectivity index (χ3v) is 4.85. The minimum atomic E-state index is -0.127. The molecule has 0 aliphatic rings. The normalized spacial score (nSPS) is 12.0. The van der Waals surface area contributed by atoms with E-state index in [0.29, 0.717) is 11.6 Å². The number of methoxy groups -OCH3 is 1. The Balaban J connectivity index is 1.84. The molecule has 0 spiro atoms. The number of benzene rings is 2. The smallest absolute Gasteiger partial charge is 0.255 e. The second kappa shape index (κ2) is 10.7. The summed E-state index contributed by atoms with van der Waals surface area (Å²) in [6, 6.07) is 15.6. The molecule has 1 unspecified atom stereocenters. The zero-order valence-electron chi connectivity index (χ0n) is 16.8. The van der Waals surface area contributed by atoms with Crippen LogP contribution in [-0.4, -0.2) is 44.1 Å². The Bertz CT molecular complexity index is 716. The molecule has 2 aromatic rings. The molecule has 1 atom stereocenters. The summed E-state index contributed by atoms with van der Waals surface area (Å²) in [4.78, 5) is 14.7. The molecule has 0 heterocycles. The molecule has 0 saturated heterocycles. The van der Waals surface area contributed by atoms with Crippen LogP contribution in [-0.2, 0) is 6.54 Å². The van der Waals surface area contributed by atoms with E-state index in [1.54, 1.807) is 31.4 Å². The summed E-state index contributed by atoms with van der Waals surface area (Å²) in [6.07, 6.45) is 1.16. The van der Waals surface area contributed by atoms with E-state index in [9.17, 15) is 4.79 Å². The van der Waals surface area contributed by atoms with Crippen LogP contribution in [0, 0.1) is 0 Å². The zero-order valence-corrected chi connectivity index (χ0v) is 16.8. The van der Waals surface area contributed by atoms with E-state index in [4.69, 9.17) is 4.74 Å². The Kier molecular flexibility index (Phi) is 8.30. The van der Waals surface area contributed by atoms with Gasteiger partial charge in [-0.25, -0.2) is 0 Å². The van der Waals surface area contributed by atoms with Crippen molar-refractivity contribution < 1.29 is 9.53 Å². The molecule has 0 aliphatic carbocycles. The number of nitrogens with one attached hydrogen (secondary N) is 2. The van der Waals surface area contributed by atoms with E-state index in [1.807, 2.05) is 18.2 Å². The highest BCUT2D eigenvalue weighted by Gasteiger charge is 2.07. The quantitative estimate of drug-likeness (QED) is 0.626. The first-order valence-corrected chi connectivity index (χ1v) is 9.48. The van der Waals surface area contributed by atoms with Gasteiger partial charge < -0.3 is 20.3 Å². The molecule has 0 aliphatic heterocycles. The molecule has 0 bridgehead atoms. The molecule has 0 aromatic heterocycles. The highest BCUT2D eigenvalue weighted by Crippen LogP contribution is 2.15. The molecule has 27 heavy (non-hydrogen) atoms. The van der Waals surface area contributed by atoms with Crippen molar-refractivity contribution in [3.05, 3.63) is 59.7 Å². The number of rotatable bonds is 10. The maximum absolute atomic E-state index is 12.4. The van der Waals surface area contributed by atoms with Crippen molar-refractivity contribution in [2.75, 3.05) is 32.6 Å². The number of nitrogens with zero attached hydrogens (tertiary/aromatic N) is 1. The van der Waals surface area contributed by atoms with Gasteiger partial charge in [0.15, 0.2) is 0 Å². The first kappa shape index (κ1) is 20.9. The molecule has 2 N–H and O–H groups in total. The van der Waals surface area contributed by atoms with Crippen molar-refractivity contribution in [1.29, 1.82) is 0 Å². The maximum Gasteiger partial charge on any atom is 0.255 e. The van der Waals surface area contributed by atoms with Crippen molar-refractivity contribution in [1.82, 2.24) is 10.2 Å². The van der Waals surface area contributed by atoms with Gasteiger partial charge in [-0.15, -0.1) is 0 Å². The summed E-state index contributed by atoms with van der Waals surface area (Å²) in [5.41, 5.74) is 2.55. The Morgan fingerprint density at radius 1 is 1.19 bits per heavy atom. The van der Waals surface area contributed by atoms with E-state index in [1.165, 1.54) is 0 Å². The van der Waals surface area contributed by atoms with E-state index >= 15 is 0 Å². The predicted octanol–water partition coefficient (Wildman–Crippen LogP) is 3.77. The topological polar surface area (TPSA) is 53.6 Å². The summed E-state index contributed by atoms with van der Waals surface area (Å²) in [6.45, 7) is 7.18. The molecule has 2 aromatic carbocycles. The van der Waals surface area contributed by atoms with Gasteiger partial charge in [0.1, 0.15) is 5.75 Å². The Hall–Kier alpha value is -2.37. The van der Waals surface area contributed by atoms with Gasteiger partial charge in [-0.2, -0.15) is 0 Å². The average Bonchev–Trinajstić information content (AvgIpc) is 2.70. The number of hydrogen-bond acceptors (Lipinski definition) is 4. The fourth-order valence-electron chi connectivity index (χ4n) is 2.72. The Morgan fingerprint density at radius 2 is 1.93 bits per heavy atom. The van der Waals surface area contributed by atoms with Crippen LogP contribution in [0.4, 0.5) is 5.69 Å². The van der Waals surface area contributed by atoms with Crippen molar-refractivity contribution in [3.8, 4) is 5.75 Å². The van der Waals surface area contributed by atoms with Gasteiger partial charge in [0.2, 0.25) is 0 Å². The molecule has 5 nitrogen and oxygen atoms in total. The van der Waals surface area contributed by atoms with Crippen molar-refractivity contribution >= 4 is 11.6 Å². The van der Waals surface area contributed by atoms with Crippen LogP contribution in [0.2, 0.25) is 0 Å². The first-order chi connectivity index (χ1) is 13.0. The first-order valence-electron chi connectivity index (χ1n) is 9.48. The molecule has 2 rings (SSSR count). The van der Waals surface area contributed by atoms with Gasteiger partial charge in [-0.1, -0.05) is 19.1 Å². The third-order valence-electron chi connectivity index (χ3n) is 4.85. The standard InChI is InChI=1S/C22H31N3O2/c1-5-17(2)25(3)14-13-23-16-18-7-6-8-20(15-18)24-22(26)19-9-11-21(27-4)12-10-19/h6-12,15,17,23H,5,13-14,16H2,1-4H3,(H,24,26). The Labute approximate surface area is 162 Å². The van der Waals surface area contributed by atoms with Gasteiger partial charge in [-0.05, 0) is 62.4 Å². The van der Waals surface area contributed by atoms with Crippen LogP contribution in [0.5, 0.6) is 5.75 Å². The van der Waals surface area contributed by atoms with Gasteiger partial charge in [0.05, 0.1) is 7.11 Å². The average molecular weight is 370 g/mol. The minimum Gasteiger partial charge on any atom is -0.497 e. The predicted molar refractivity (Wildman–Crippen MR) is 111 cm³/mol. The van der Waals surface area contributed by atoms with Crippen LogP contribution < -0.4 is 15.4 Å². The monoisotopic (exact) mass is 369 g/mol. The van der Waals surface area contributed by atoms with Crippen molar-refractivity contribution in [2.24, 2.45) is 0 Å². The van der Waals surface area contributed by atoms with Crippen LogP contribution in [0.3, 0.4) is 0 Å². The van der Waals surface area contributed by atoms with Gasteiger partial charge in [-0.3, -0.25) is 4.79 Å². The van der Waals surface area contributed by atoms with E-state index < -0.39 is 0 Å². The fraction of sp³-hybridized carbons (Fsp3) is 0.409. The Morgan fingerprint density at radius 3 is 2.59 bits per heavy atom. The lowest BCUT2D eigenvalue weighted by Gasteiger charge is -2.23. The maximum atomic E-state index is 12.4. The van der Waals surface area contributed by atoms with Crippen LogP contribution in [0.25, 0.3) is 0 Å². The number of anilines is 1. The van der Waals surface area contributed by atoms with E-state index in [0.717, 1.165) is 43.1 Å². The lowest BCUT2D eigenvalue weighted by molar-refractivity contribution is 0.102. The van der Waals surface area contributed by atoms with Crippen LogP contribution >= 0.6 is 0 Å². The highest BCUT2D eigenvalue weighted by molar-refractivity contribution is 6.04. The SMILES string of the molecule is CCC(C)N(C)CCNCc1cccc(NC(=O)c2ccc(OC)cc2)c1. The lowest BCUT2D eigenvalue weighted by atomic mass is 10.1. The molecule has 0 saturated carbocycles. The second-order valence-electron chi connectivity index (χ2n) is 6.80. The molecule has 0 radical (unpaired) electrons. The number of carbonyl (C=O) groups excluding carboxylic acids is 1. The number of hydrogen-bond donors (Lipinski definition) is 2. The molecule has 0 fully saturated rings. The fourth-order valence-corrected chi connectivity index (χ4v) is 2.72. The van der Waals surface area contributed by atoms with Crippen LogP contribution in [0.1, 0.15) is 36.2 Å². The molecule has 5 heteroatoms. The minimum absolute atomic E-state index is 0.127. The lowest BCUT2D eigenvalue weighted by Crippen LogP contribution is -2.34. The van der Waals surface area contributed by atoms with Gasteiger partial charge >= 0.3 is 0 Å². The van der Waals surface area contributed by atoms with Crippen LogP contribution in [0.15, 0.2) is 48.5 Å². The van der Waals surface area contributed by atoms with E-state index in [2.05, 4.69) is 42.5 Å². The summed E-state index contributed by atoms with van der Waals surface area (Å²) in [5.74, 6) is 0.608. The number of likely N-dealkylation sites (N-methyl/N-ethyl adjacent to an activating group) is 1.